The van der Waals surface area contributed by atoms with Crippen LogP contribution in [-0.2, 0) is 11.2 Å². The number of hydrogen-bond donors (Lipinski definition) is 2. The predicted molar refractivity (Wildman–Crippen MR) is 77.5 cm³/mol. The Morgan fingerprint density at radius 2 is 2.18 bits per heavy atom. The average molecular weight is 302 g/mol. The Kier molecular flexibility index (Phi) is 3.95. The molecule has 0 aliphatic heterocycles. The van der Waals surface area contributed by atoms with Crippen molar-refractivity contribution in [2.45, 2.75) is 31.7 Å². The number of aromatic amines is 1. The molecule has 0 bridgehead atoms. The van der Waals surface area contributed by atoms with E-state index in [0.29, 0.717) is 11.6 Å². The number of halogens is 1. The lowest BCUT2D eigenvalue weighted by Crippen LogP contribution is -2.27. The quantitative estimate of drug-likeness (QED) is 0.868. The van der Waals surface area contributed by atoms with E-state index in [2.05, 4.69) is 20.5 Å². The van der Waals surface area contributed by atoms with Crippen molar-refractivity contribution in [2.24, 2.45) is 0 Å². The van der Waals surface area contributed by atoms with Crippen LogP contribution in [0.5, 0.6) is 0 Å². The SMILES string of the molecule is O=C(CCc1nnc(-c2cccc(F)c2)[nH]c1=O)NC1CC1. The number of rotatable bonds is 5. The first kappa shape index (κ1) is 14.4. The highest BCUT2D eigenvalue weighted by molar-refractivity contribution is 5.76. The van der Waals surface area contributed by atoms with Crippen molar-refractivity contribution in [1.82, 2.24) is 20.5 Å². The van der Waals surface area contributed by atoms with Gasteiger partial charge in [-0.25, -0.2) is 4.39 Å². The molecular weight excluding hydrogens is 287 g/mol. The Morgan fingerprint density at radius 3 is 2.86 bits per heavy atom. The minimum absolute atomic E-state index is 0.0853. The van der Waals surface area contributed by atoms with Crippen LogP contribution in [0.15, 0.2) is 29.1 Å². The van der Waals surface area contributed by atoms with Crippen molar-refractivity contribution in [2.75, 3.05) is 0 Å². The summed E-state index contributed by atoms with van der Waals surface area (Å²) in [5, 5.41) is 10.6. The monoisotopic (exact) mass is 302 g/mol. The number of nitrogens with one attached hydrogen (secondary N) is 2. The maximum absolute atomic E-state index is 13.2. The maximum Gasteiger partial charge on any atom is 0.273 e. The Balaban J connectivity index is 1.69. The van der Waals surface area contributed by atoms with Gasteiger partial charge in [-0.15, -0.1) is 10.2 Å². The summed E-state index contributed by atoms with van der Waals surface area (Å²) in [5.41, 5.74) is 0.238. The van der Waals surface area contributed by atoms with E-state index in [4.69, 9.17) is 0 Å². The highest BCUT2D eigenvalue weighted by Gasteiger charge is 2.23. The van der Waals surface area contributed by atoms with E-state index in [1.165, 1.54) is 18.2 Å². The van der Waals surface area contributed by atoms with Gasteiger partial charge in [-0.3, -0.25) is 9.59 Å². The molecule has 0 saturated heterocycles. The van der Waals surface area contributed by atoms with Crippen molar-refractivity contribution < 1.29 is 9.18 Å². The van der Waals surface area contributed by atoms with E-state index in [1.54, 1.807) is 6.07 Å². The highest BCUT2D eigenvalue weighted by atomic mass is 19.1. The minimum Gasteiger partial charge on any atom is -0.353 e. The first-order valence-electron chi connectivity index (χ1n) is 7.13. The Morgan fingerprint density at radius 1 is 1.36 bits per heavy atom. The lowest BCUT2D eigenvalue weighted by Gasteiger charge is -2.03. The molecular formula is C15H15FN4O2. The third kappa shape index (κ3) is 3.55. The largest absolute Gasteiger partial charge is 0.353 e. The van der Waals surface area contributed by atoms with Crippen molar-refractivity contribution in [3.8, 4) is 11.4 Å². The standard InChI is InChI=1S/C15H15FN4O2/c16-10-3-1-2-9(8-10)14-18-15(22)12(19-20-14)6-7-13(21)17-11-4-5-11/h1-3,8,11H,4-7H2,(H,17,21)(H,18,20,22). The molecule has 1 aromatic carbocycles. The summed E-state index contributed by atoms with van der Waals surface area (Å²) in [5.74, 6) is -0.297. The average Bonchev–Trinajstić information content (AvgIpc) is 3.30. The molecule has 6 nitrogen and oxygen atoms in total. The molecule has 1 fully saturated rings. The number of H-pyrrole nitrogens is 1. The molecule has 1 aromatic heterocycles. The van der Waals surface area contributed by atoms with E-state index < -0.39 is 11.4 Å². The van der Waals surface area contributed by atoms with Crippen LogP contribution < -0.4 is 10.9 Å². The van der Waals surface area contributed by atoms with Crippen LogP contribution in [-0.4, -0.2) is 27.1 Å². The fraction of sp³-hybridized carbons (Fsp3) is 0.333. The number of carbonyl (C=O) groups is 1. The van der Waals surface area contributed by atoms with E-state index in [9.17, 15) is 14.0 Å². The van der Waals surface area contributed by atoms with Gasteiger partial charge in [0.15, 0.2) is 5.82 Å². The van der Waals surface area contributed by atoms with Crippen molar-refractivity contribution in [3.05, 3.63) is 46.1 Å². The molecule has 22 heavy (non-hydrogen) atoms. The summed E-state index contributed by atoms with van der Waals surface area (Å²) in [4.78, 5) is 26.1. The Labute approximate surface area is 125 Å². The summed E-state index contributed by atoms with van der Waals surface area (Å²) >= 11 is 0. The lowest BCUT2D eigenvalue weighted by molar-refractivity contribution is -0.121. The summed E-state index contributed by atoms with van der Waals surface area (Å²) in [6.07, 6.45) is 2.47. The van der Waals surface area contributed by atoms with E-state index >= 15 is 0 Å². The second-order valence-corrected chi connectivity index (χ2v) is 5.30. The first-order valence-corrected chi connectivity index (χ1v) is 7.13. The lowest BCUT2D eigenvalue weighted by atomic mass is 10.2. The van der Waals surface area contributed by atoms with Crippen molar-refractivity contribution >= 4 is 5.91 Å². The molecule has 1 amide bonds. The van der Waals surface area contributed by atoms with Gasteiger partial charge in [0, 0.05) is 24.4 Å². The van der Waals surface area contributed by atoms with Crippen LogP contribution in [0.4, 0.5) is 4.39 Å². The summed E-state index contributed by atoms with van der Waals surface area (Å²) in [7, 11) is 0. The minimum atomic E-state index is -0.416. The molecule has 2 aromatic rings. The van der Waals surface area contributed by atoms with Gasteiger partial charge >= 0.3 is 0 Å². The van der Waals surface area contributed by atoms with Crippen molar-refractivity contribution in [1.29, 1.82) is 0 Å². The molecule has 1 saturated carbocycles. The number of aryl methyl sites for hydroxylation is 1. The Bertz CT molecular complexity index is 755. The highest BCUT2D eigenvalue weighted by Crippen LogP contribution is 2.18. The molecule has 0 radical (unpaired) electrons. The first-order chi connectivity index (χ1) is 10.6. The van der Waals surface area contributed by atoms with Crippen LogP contribution in [0.2, 0.25) is 0 Å². The predicted octanol–water partition coefficient (Wildman–Crippen LogP) is 1.18. The summed E-state index contributed by atoms with van der Waals surface area (Å²) in [6.45, 7) is 0. The molecule has 1 heterocycles. The van der Waals surface area contributed by atoms with Gasteiger partial charge in [0.1, 0.15) is 11.5 Å². The van der Waals surface area contributed by atoms with Gasteiger partial charge in [0.25, 0.3) is 5.56 Å². The summed E-state index contributed by atoms with van der Waals surface area (Å²) in [6, 6.07) is 6.03. The van der Waals surface area contributed by atoms with Gasteiger partial charge < -0.3 is 10.3 Å². The second-order valence-electron chi connectivity index (χ2n) is 5.30. The second kappa shape index (κ2) is 6.05. The number of carbonyl (C=O) groups excluding carboxylic acids is 1. The molecule has 1 aliphatic rings. The molecule has 0 unspecified atom stereocenters. The fourth-order valence-corrected chi connectivity index (χ4v) is 2.05. The zero-order chi connectivity index (χ0) is 15.5. The normalized spacial score (nSPS) is 13.9. The third-order valence-electron chi connectivity index (χ3n) is 3.39. The molecule has 0 atom stereocenters. The maximum atomic E-state index is 13.2. The number of aromatic nitrogens is 3. The zero-order valence-electron chi connectivity index (χ0n) is 11.8. The summed E-state index contributed by atoms with van der Waals surface area (Å²) < 4.78 is 13.2. The fourth-order valence-electron chi connectivity index (χ4n) is 2.05. The molecule has 7 heteroatoms. The number of hydrogen-bond acceptors (Lipinski definition) is 4. The van der Waals surface area contributed by atoms with Gasteiger partial charge in [-0.2, -0.15) is 0 Å². The zero-order valence-corrected chi connectivity index (χ0v) is 11.8. The number of nitrogens with zero attached hydrogens (tertiary/aromatic N) is 2. The van der Waals surface area contributed by atoms with Crippen LogP contribution in [0.1, 0.15) is 25.0 Å². The van der Waals surface area contributed by atoms with Crippen LogP contribution >= 0.6 is 0 Å². The van der Waals surface area contributed by atoms with E-state index in [1.807, 2.05) is 0 Å². The number of benzene rings is 1. The Hall–Kier alpha value is -2.57. The van der Waals surface area contributed by atoms with E-state index in [0.717, 1.165) is 12.8 Å². The third-order valence-corrected chi connectivity index (χ3v) is 3.39. The number of amides is 1. The van der Waals surface area contributed by atoms with Gasteiger partial charge in [0.2, 0.25) is 5.91 Å². The van der Waals surface area contributed by atoms with Crippen LogP contribution in [0, 0.1) is 5.82 Å². The topological polar surface area (TPSA) is 87.7 Å². The smallest absolute Gasteiger partial charge is 0.273 e. The van der Waals surface area contributed by atoms with Gasteiger partial charge in [-0.1, -0.05) is 12.1 Å². The van der Waals surface area contributed by atoms with Gasteiger partial charge in [0.05, 0.1) is 0 Å². The van der Waals surface area contributed by atoms with Crippen LogP contribution in [0.3, 0.4) is 0 Å². The van der Waals surface area contributed by atoms with E-state index in [-0.39, 0.29) is 30.3 Å². The molecule has 1 aliphatic carbocycles. The van der Waals surface area contributed by atoms with Gasteiger partial charge in [-0.05, 0) is 25.0 Å². The van der Waals surface area contributed by atoms with Crippen LogP contribution in [0.25, 0.3) is 11.4 Å². The molecule has 0 spiro atoms. The van der Waals surface area contributed by atoms with Crippen molar-refractivity contribution in [3.63, 3.8) is 0 Å². The molecule has 3 rings (SSSR count). The molecule has 114 valence electrons. The molecule has 2 N–H and O–H groups in total.